The molecule has 0 atom stereocenters. The van der Waals surface area contributed by atoms with Crippen molar-refractivity contribution in [2.45, 2.75) is 0 Å². The highest BCUT2D eigenvalue weighted by Gasteiger charge is 2.32. The summed E-state index contributed by atoms with van der Waals surface area (Å²) >= 11 is 11.6. The lowest BCUT2D eigenvalue weighted by Gasteiger charge is -2.09. The van der Waals surface area contributed by atoms with Crippen LogP contribution in [-0.2, 0) is 10.2 Å². The second-order valence-electron chi connectivity index (χ2n) is 3.13. The van der Waals surface area contributed by atoms with Gasteiger partial charge in [0.05, 0.1) is 10.7 Å². The predicted octanol–water partition coefficient (Wildman–Crippen LogP) is 1.97. The maximum absolute atomic E-state index is 11.5. The highest BCUT2D eigenvalue weighted by molar-refractivity contribution is 7.90. The number of rotatable bonds is 3. The van der Waals surface area contributed by atoms with E-state index in [1.54, 1.807) is 12.1 Å². The van der Waals surface area contributed by atoms with E-state index in [1.807, 2.05) is 0 Å². The molecule has 82 valence electrons. The first-order valence-electron chi connectivity index (χ1n) is 4.22. The summed E-state index contributed by atoms with van der Waals surface area (Å²) in [6.07, 6.45) is 0. The van der Waals surface area contributed by atoms with Gasteiger partial charge in [0.1, 0.15) is 0 Å². The Balaban J connectivity index is 2.27. The molecule has 0 saturated carbocycles. The Morgan fingerprint density at radius 2 is 1.93 bits per heavy atom. The second-order valence-corrected chi connectivity index (χ2v) is 5.64. The number of nitrogens with one attached hydrogen (secondary N) is 1. The van der Waals surface area contributed by atoms with E-state index in [4.69, 9.17) is 23.2 Å². The number of hydrogen-bond acceptors (Lipinski definition) is 2. The molecule has 0 spiro atoms. The van der Waals surface area contributed by atoms with Gasteiger partial charge in [0.15, 0.2) is 0 Å². The monoisotopic (exact) mass is 266 g/mol. The average molecular weight is 267 g/mol. The fourth-order valence-corrected chi connectivity index (χ4v) is 2.59. The molecule has 15 heavy (non-hydrogen) atoms. The summed E-state index contributed by atoms with van der Waals surface area (Å²) in [5, 5.41) is 0.757. The average Bonchev–Trinajstić information content (AvgIpc) is 2.93. The quantitative estimate of drug-likeness (QED) is 0.851. The topological polar surface area (TPSA) is 49.2 Å². The van der Waals surface area contributed by atoms with E-state index in [0.29, 0.717) is 28.8 Å². The third-order valence-corrected chi connectivity index (χ3v) is 4.00. The molecule has 1 aromatic rings. The fourth-order valence-electron chi connectivity index (χ4n) is 1.06. The Hall–Kier alpha value is -0.490. The summed E-state index contributed by atoms with van der Waals surface area (Å²) in [6, 6.07) is 4.62. The van der Waals surface area contributed by atoms with Crippen LogP contribution in [0.2, 0.25) is 10.0 Å². The molecule has 1 saturated heterocycles. The highest BCUT2D eigenvalue weighted by Crippen LogP contribution is 2.27. The van der Waals surface area contributed by atoms with Crippen LogP contribution in [0.15, 0.2) is 18.2 Å². The van der Waals surface area contributed by atoms with E-state index in [2.05, 4.69) is 4.72 Å². The molecule has 2 rings (SSSR count). The van der Waals surface area contributed by atoms with E-state index in [0.717, 1.165) is 0 Å². The highest BCUT2D eigenvalue weighted by atomic mass is 35.5. The Bertz CT molecular complexity index is 485. The largest absolute Gasteiger partial charge is 0.301 e. The van der Waals surface area contributed by atoms with Crippen LogP contribution in [0, 0.1) is 0 Å². The predicted molar refractivity (Wildman–Crippen MR) is 60.6 cm³/mol. The number of halogens is 2. The SMILES string of the molecule is O=S(=O)(Nc1cc(Cl)ccc1Cl)N1CC1. The van der Waals surface area contributed by atoms with E-state index >= 15 is 0 Å². The lowest BCUT2D eigenvalue weighted by atomic mass is 10.3. The van der Waals surface area contributed by atoms with Gasteiger partial charge in [0.25, 0.3) is 0 Å². The van der Waals surface area contributed by atoms with E-state index < -0.39 is 10.2 Å². The van der Waals surface area contributed by atoms with Gasteiger partial charge in [-0.3, -0.25) is 4.72 Å². The van der Waals surface area contributed by atoms with Crippen molar-refractivity contribution in [2.75, 3.05) is 17.8 Å². The third-order valence-electron chi connectivity index (χ3n) is 1.91. The van der Waals surface area contributed by atoms with Crippen LogP contribution in [0.5, 0.6) is 0 Å². The van der Waals surface area contributed by atoms with Crippen molar-refractivity contribution in [3.8, 4) is 0 Å². The molecule has 1 fully saturated rings. The van der Waals surface area contributed by atoms with Gasteiger partial charge in [-0.05, 0) is 18.2 Å². The molecule has 0 radical (unpaired) electrons. The van der Waals surface area contributed by atoms with Gasteiger partial charge in [0, 0.05) is 18.1 Å². The summed E-state index contributed by atoms with van der Waals surface area (Å²) in [5.41, 5.74) is 0.302. The van der Waals surface area contributed by atoms with Crippen LogP contribution in [0.1, 0.15) is 0 Å². The molecular formula is C8H8Cl2N2O2S. The lowest BCUT2D eigenvalue weighted by Crippen LogP contribution is -2.21. The van der Waals surface area contributed by atoms with Crippen molar-refractivity contribution in [3.05, 3.63) is 28.2 Å². The number of benzene rings is 1. The van der Waals surface area contributed by atoms with Crippen LogP contribution >= 0.6 is 23.2 Å². The minimum Gasteiger partial charge on any atom is -0.269 e. The molecule has 7 heteroatoms. The molecule has 0 bridgehead atoms. The summed E-state index contributed by atoms with van der Waals surface area (Å²) in [6.45, 7) is 1.10. The van der Waals surface area contributed by atoms with Crippen LogP contribution in [-0.4, -0.2) is 25.8 Å². The first-order chi connectivity index (χ1) is 6.99. The van der Waals surface area contributed by atoms with Crippen molar-refractivity contribution >= 4 is 39.1 Å². The first-order valence-corrected chi connectivity index (χ1v) is 6.41. The van der Waals surface area contributed by atoms with Crippen molar-refractivity contribution in [3.63, 3.8) is 0 Å². The Morgan fingerprint density at radius 1 is 1.27 bits per heavy atom. The van der Waals surface area contributed by atoms with Crippen LogP contribution in [0.3, 0.4) is 0 Å². The van der Waals surface area contributed by atoms with Gasteiger partial charge in [-0.25, -0.2) is 0 Å². The second kappa shape index (κ2) is 3.83. The van der Waals surface area contributed by atoms with Gasteiger partial charge in [-0.15, -0.1) is 0 Å². The van der Waals surface area contributed by atoms with Crippen molar-refractivity contribution in [1.29, 1.82) is 0 Å². The van der Waals surface area contributed by atoms with Crippen molar-refractivity contribution < 1.29 is 8.42 Å². The molecule has 0 unspecified atom stereocenters. The maximum atomic E-state index is 11.5. The smallest absolute Gasteiger partial charge is 0.269 e. The van der Waals surface area contributed by atoms with E-state index in [9.17, 15) is 8.42 Å². The molecule has 1 aromatic carbocycles. The van der Waals surface area contributed by atoms with Gasteiger partial charge >= 0.3 is 10.2 Å². The molecular weight excluding hydrogens is 259 g/mol. The molecule has 0 aromatic heterocycles. The molecule has 4 nitrogen and oxygen atoms in total. The molecule has 1 aliphatic heterocycles. The normalized spacial score (nSPS) is 16.4. The summed E-state index contributed by atoms with van der Waals surface area (Å²) in [4.78, 5) is 0. The third kappa shape index (κ3) is 2.55. The van der Waals surface area contributed by atoms with Crippen molar-refractivity contribution in [2.24, 2.45) is 0 Å². The van der Waals surface area contributed by atoms with Crippen LogP contribution in [0.4, 0.5) is 5.69 Å². The van der Waals surface area contributed by atoms with Gasteiger partial charge < -0.3 is 0 Å². The van der Waals surface area contributed by atoms with Crippen molar-refractivity contribution in [1.82, 2.24) is 4.31 Å². The molecule has 1 heterocycles. The number of anilines is 1. The van der Waals surface area contributed by atoms with Gasteiger partial charge in [-0.2, -0.15) is 12.7 Å². The Labute approximate surface area is 98.0 Å². The summed E-state index contributed by atoms with van der Waals surface area (Å²) in [7, 11) is -3.44. The number of hydrogen-bond donors (Lipinski definition) is 1. The molecule has 0 aliphatic carbocycles. The van der Waals surface area contributed by atoms with Crippen LogP contribution < -0.4 is 4.72 Å². The zero-order valence-corrected chi connectivity index (χ0v) is 9.90. The van der Waals surface area contributed by atoms with Gasteiger partial charge in [-0.1, -0.05) is 23.2 Å². The molecule has 0 amide bonds. The first kappa shape index (κ1) is 11.0. The van der Waals surface area contributed by atoms with E-state index in [1.165, 1.54) is 10.4 Å². The lowest BCUT2D eigenvalue weighted by molar-refractivity contribution is 0.569. The summed E-state index contributed by atoms with van der Waals surface area (Å²) in [5.74, 6) is 0. The van der Waals surface area contributed by atoms with E-state index in [-0.39, 0.29) is 0 Å². The fraction of sp³-hybridized carbons (Fsp3) is 0.250. The minimum absolute atomic E-state index is 0.302. The standard InChI is InChI=1S/C8H8Cl2N2O2S/c9-6-1-2-7(10)8(5-6)11-15(13,14)12-3-4-12/h1-2,5,11H,3-4H2. The zero-order valence-electron chi connectivity index (χ0n) is 7.57. The van der Waals surface area contributed by atoms with Crippen LogP contribution in [0.25, 0.3) is 0 Å². The minimum atomic E-state index is -3.44. The molecule has 1 N–H and O–H groups in total. The zero-order chi connectivity index (χ0) is 11.1. The maximum Gasteiger partial charge on any atom is 0.301 e. The summed E-state index contributed by atoms with van der Waals surface area (Å²) < 4.78 is 26.7. The van der Waals surface area contributed by atoms with Gasteiger partial charge in [0.2, 0.25) is 0 Å². The Morgan fingerprint density at radius 3 is 2.53 bits per heavy atom. The number of nitrogens with zero attached hydrogens (tertiary/aromatic N) is 1. The Kier molecular flexibility index (Phi) is 2.81. The molecule has 1 aliphatic rings.